The second kappa shape index (κ2) is 5.77. The molecule has 1 aromatic rings. The largest absolute Gasteiger partial charge is 0.377 e. The van der Waals surface area contributed by atoms with Crippen LogP contribution in [0.1, 0.15) is 18.9 Å². The van der Waals surface area contributed by atoms with Crippen molar-refractivity contribution in [1.29, 1.82) is 0 Å². The summed E-state index contributed by atoms with van der Waals surface area (Å²) in [5.41, 5.74) is 1.01. The Kier molecular flexibility index (Phi) is 4.31. The van der Waals surface area contributed by atoms with E-state index in [-0.39, 0.29) is 16.7 Å². The van der Waals surface area contributed by atoms with Gasteiger partial charge in [0.15, 0.2) is 0 Å². The Morgan fingerprint density at radius 1 is 1.56 bits per heavy atom. The lowest BCUT2D eigenvalue weighted by atomic mass is 10.1. The van der Waals surface area contributed by atoms with E-state index in [9.17, 15) is 10.1 Å². The number of hydrogen-bond acceptors (Lipinski definition) is 4. The maximum absolute atomic E-state index is 10.8. The van der Waals surface area contributed by atoms with Crippen molar-refractivity contribution in [1.82, 2.24) is 5.32 Å². The number of hydrogen-bond donors (Lipinski definition) is 1. The van der Waals surface area contributed by atoms with Gasteiger partial charge in [0, 0.05) is 35.8 Å². The van der Waals surface area contributed by atoms with Gasteiger partial charge in [0.2, 0.25) is 0 Å². The summed E-state index contributed by atoms with van der Waals surface area (Å²) in [6.07, 6.45) is 1.18. The molecule has 5 nitrogen and oxygen atoms in total. The van der Waals surface area contributed by atoms with Gasteiger partial charge >= 0.3 is 0 Å². The van der Waals surface area contributed by atoms with Gasteiger partial charge in [-0.1, -0.05) is 15.9 Å². The zero-order valence-electron chi connectivity index (χ0n) is 10.1. The Balaban J connectivity index is 2.02. The van der Waals surface area contributed by atoms with E-state index in [1.165, 1.54) is 6.07 Å². The van der Waals surface area contributed by atoms with E-state index in [4.69, 9.17) is 4.74 Å². The average Bonchev–Trinajstić information content (AvgIpc) is 2.71. The number of benzene rings is 1. The first-order valence-electron chi connectivity index (χ1n) is 5.85. The van der Waals surface area contributed by atoms with Gasteiger partial charge in [-0.2, -0.15) is 0 Å². The van der Waals surface area contributed by atoms with Crippen molar-refractivity contribution in [2.24, 2.45) is 0 Å². The highest BCUT2D eigenvalue weighted by molar-refractivity contribution is 9.10. The lowest BCUT2D eigenvalue weighted by Crippen LogP contribution is -2.34. The number of rotatable bonds is 4. The summed E-state index contributed by atoms with van der Waals surface area (Å²) in [6.45, 7) is 3.42. The quantitative estimate of drug-likeness (QED) is 0.685. The minimum Gasteiger partial charge on any atom is -0.377 e. The van der Waals surface area contributed by atoms with Crippen molar-refractivity contribution in [2.45, 2.75) is 32.0 Å². The van der Waals surface area contributed by atoms with E-state index < -0.39 is 0 Å². The Morgan fingerprint density at radius 3 is 2.94 bits per heavy atom. The molecule has 98 valence electrons. The van der Waals surface area contributed by atoms with Crippen molar-refractivity contribution in [3.63, 3.8) is 0 Å². The van der Waals surface area contributed by atoms with E-state index >= 15 is 0 Å². The normalized spacial score (nSPS) is 23.2. The second-order valence-electron chi connectivity index (χ2n) is 4.43. The zero-order valence-corrected chi connectivity index (χ0v) is 11.6. The fraction of sp³-hybridized carbons (Fsp3) is 0.500. The molecule has 0 saturated carbocycles. The number of non-ortho nitro benzene ring substituents is 1. The minimum atomic E-state index is -0.379. The number of nitrogens with zero attached hydrogens (tertiary/aromatic N) is 1. The van der Waals surface area contributed by atoms with Crippen LogP contribution in [0.15, 0.2) is 22.7 Å². The van der Waals surface area contributed by atoms with Crippen molar-refractivity contribution in [2.75, 3.05) is 6.61 Å². The molecule has 1 aliphatic rings. The molecule has 0 radical (unpaired) electrons. The van der Waals surface area contributed by atoms with Crippen molar-refractivity contribution < 1.29 is 9.66 Å². The molecule has 6 heteroatoms. The molecule has 0 aromatic heterocycles. The van der Waals surface area contributed by atoms with Gasteiger partial charge in [-0.25, -0.2) is 0 Å². The Bertz CT molecular complexity index is 453. The third-order valence-electron chi connectivity index (χ3n) is 3.10. The topological polar surface area (TPSA) is 64.4 Å². The number of halogens is 1. The van der Waals surface area contributed by atoms with Crippen LogP contribution in [0.3, 0.4) is 0 Å². The van der Waals surface area contributed by atoms with Gasteiger partial charge in [-0.15, -0.1) is 0 Å². The third kappa shape index (κ3) is 3.28. The molecular weight excluding hydrogens is 300 g/mol. The summed E-state index contributed by atoms with van der Waals surface area (Å²) < 4.78 is 6.19. The van der Waals surface area contributed by atoms with Crippen molar-refractivity contribution in [3.8, 4) is 0 Å². The molecule has 1 saturated heterocycles. The van der Waals surface area contributed by atoms with Gasteiger partial charge in [-0.05, 0) is 25.0 Å². The van der Waals surface area contributed by atoms with Crippen LogP contribution >= 0.6 is 15.9 Å². The predicted octanol–water partition coefficient (Wildman–Crippen LogP) is 2.62. The van der Waals surface area contributed by atoms with Gasteiger partial charge in [0.1, 0.15) is 0 Å². The van der Waals surface area contributed by atoms with Crippen LogP contribution in [-0.2, 0) is 11.3 Å². The highest BCUT2D eigenvalue weighted by Gasteiger charge is 2.23. The molecule has 1 fully saturated rings. The number of nitro benzene ring substituents is 1. The number of nitro groups is 1. The lowest BCUT2D eigenvalue weighted by Gasteiger charge is -2.16. The van der Waals surface area contributed by atoms with Crippen LogP contribution in [-0.4, -0.2) is 23.7 Å². The Hall–Kier alpha value is -0.980. The first kappa shape index (κ1) is 13.5. The predicted molar refractivity (Wildman–Crippen MR) is 71.5 cm³/mol. The first-order chi connectivity index (χ1) is 8.56. The van der Waals surface area contributed by atoms with Crippen LogP contribution in [0.2, 0.25) is 0 Å². The maximum atomic E-state index is 10.8. The fourth-order valence-electron chi connectivity index (χ4n) is 2.09. The molecule has 2 rings (SSSR count). The smallest absolute Gasteiger partial charge is 0.270 e. The van der Waals surface area contributed by atoms with Crippen LogP contribution in [0.25, 0.3) is 0 Å². The Labute approximate surface area is 114 Å². The molecule has 18 heavy (non-hydrogen) atoms. The van der Waals surface area contributed by atoms with E-state index in [1.54, 1.807) is 6.07 Å². The third-order valence-corrected chi connectivity index (χ3v) is 3.56. The molecule has 0 aliphatic carbocycles. The van der Waals surface area contributed by atoms with Crippen LogP contribution in [0.4, 0.5) is 5.69 Å². The minimum absolute atomic E-state index is 0.108. The molecule has 1 aromatic carbocycles. The van der Waals surface area contributed by atoms with Gasteiger partial charge < -0.3 is 10.1 Å². The van der Waals surface area contributed by atoms with Crippen molar-refractivity contribution >= 4 is 21.6 Å². The highest BCUT2D eigenvalue weighted by Crippen LogP contribution is 2.22. The molecule has 1 aliphatic heterocycles. The molecule has 0 spiro atoms. The van der Waals surface area contributed by atoms with Crippen molar-refractivity contribution in [3.05, 3.63) is 38.3 Å². The van der Waals surface area contributed by atoms with Crippen LogP contribution in [0.5, 0.6) is 0 Å². The van der Waals surface area contributed by atoms with Gasteiger partial charge in [0.05, 0.1) is 11.0 Å². The standard InChI is InChI=1S/C12H15BrN2O3/c1-8-12(2-3-18-8)14-7-9-4-10(13)6-11(5-9)15(16)17/h4-6,8,12,14H,2-3,7H2,1H3. The van der Waals surface area contributed by atoms with Gasteiger partial charge in [0.25, 0.3) is 5.69 Å². The summed E-state index contributed by atoms with van der Waals surface area (Å²) in [5, 5.41) is 14.1. The summed E-state index contributed by atoms with van der Waals surface area (Å²) >= 11 is 3.29. The van der Waals surface area contributed by atoms with Crippen LogP contribution in [0, 0.1) is 10.1 Å². The molecule has 0 bridgehead atoms. The SMILES string of the molecule is CC1OCCC1NCc1cc(Br)cc([N+](=O)[O-])c1. The fourth-order valence-corrected chi connectivity index (χ4v) is 2.62. The second-order valence-corrected chi connectivity index (χ2v) is 5.34. The van der Waals surface area contributed by atoms with Crippen LogP contribution < -0.4 is 5.32 Å². The molecule has 2 unspecified atom stereocenters. The molecular formula is C12H15BrN2O3. The zero-order chi connectivity index (χ0) is 13.1. The maximum Gasteiger partial charge on any atom is 0.270 e. The molecule has 1 heterocycles. The molecule has 2 atom stereocenters. The van der Waals surface area contributed by atoms with E-state index in [2.05, 4.69) is 21.2 Å². The van der Waals surface area contributed by atoms with Gasteiger partial charge in [-0.3, -0.25) is 10.1 Å². The number of ether oxygens (including phenoxy) is 1. The highest BCUT2D eigenvalue weighted by atomic mass is 79.9. The average molecular weight is 315 g/mol. The summed E-state index contributed by atoms with van der Waals surface area (Å²) in [6, 6.07) is 5.31. The lowest BCUT2D eigenvalue weighted by molar-refractivity contribution is -0.385. The van der Waals surface area contributed by atoms with E-state index in [0.29, 0.717) is 12.6 Å². The molecule has 0 amide bonds. The Morgan fingerprint density at radius 2 is 2.33 bits per heavy atom. The summed E-state index contributed by atoms with van der Waals surface area (Å²) in [4.78, 5) is 10.4. The summed E-state index contributed by atoms with van der Waals surface area (Å²) in [7, 11) is 0. The molecule has 1 N–H and O–H groups in total. The monoisotopic (exact) mass is 314 g/mol. The number of nitrogens with one attached hydrogen (secondary N) is 1. The summed E-state index contributed by atoms with van der Waals surface area (Å²) in [5.74, 6) is 0. The van der Waals surface area contributed by atoms with E-state index in [0.717, 1.165) is 23.1 Å². The first-order valence-corrected chi connectivity index (χ1v) is 6.64. The van der Waals surface area contributed by atoms with E-state index in [1.807, 2.05) is 13.0 Å².